The van der Waals surface area contributed by atoms with Gasteiger partial charge in [0.15, 0.2) is 0 Å². The van der Waals surface area contributed by atoms with Crippen molar-refractivity contribution in [2.24, 2.45) is 5.41 Å². The summed E-state index contributed by atoms with van der Waals surface area (Å²) < 4.78 is 0. The third-order valence-electron chi connectivity index (χ3n) is 1.82. The van der Waals surface area contributed by atoms with Gasteiger partial charge in [-0.15, -0.1) is 11.6 Å². The van der Waals surface area contributed by atoms with Gasteiger partial charge in [-0.2, -0.15) is 17.0 Å². The number of hydrogen-bond donors (Lipinski definition) is 0. The molecule has 0 aromatic rings. The van der Waals surface area contributed by atoms with E-state index in [1.54, 1.807) is 11.8 Å². The predicted octanol–water partition coefficient (Wildman–Crippen LogP) is 1.87. The molecule has 1 aliphatic carbocycles. The van der Waals surface area contributed by atoms with Crippen molar-refractivity contribution < 1.29 is 0 Å². The summed E-state index contributed by atoms with van der Waals surface area (Å²) >= 11 is 7.49. The third kappa shape index (κ3) is 0.835. The highest BCUT2D eigenvalue weighted by Gasteiger charge is 2.61. The maximum atomic E-state index is 8.59. The fourth-order valence-corrected chi connectivity index (χ4v) is 2.80. The molecule has 3 heteroatoms. The van der Waals surface area contributed by atoms with Crippen molar-refractivity contribution in [2.45, 2.75) is 17.6 Å². The molecule has 1 nitrogen and oxygen atoms in total. The largest absolute Gasteiger partial charge is 0.198 e. The molecule has 0 aliphatic heterocycles. The molecule has 0 bridgehead atoms. The van der Waals surface area contributed by atoms with Gasteiger partial charge in [0.2, 0.25) is 0 Å². The lowest BCUT2D eigenvalue weighted by Crippen LogP contribution is -1.93. The Morgan fingerprint density at radius 2 is 2.33 bits per heavy atom. The zero-order valence-corrected chi connectivity index (χ0v) is 6.96. The van der Waals surface area contributed by atoms with Gasteiger partial charge in [-0.1, -0.05) is 0 Å². The van der Waals surface area contributed by atoms with E-state index in [1.807, 2.05) is 13.2 Å². The maximum absolute atomic E-state index is 8.59. The Hall–Kier alpha value is 0.130. The summed E-state index contributed by atoms with van der Waals surface area (Å²) in [4.78, 5) is 0. The SMILES string of the molecule is CSC1C(Cl)C1(C)C#N. The summed E-state index contributed by atoms with van der Waals surface area (Å²) in [5.41, 5.74) is -0.249. The second-order valence-corrected chi connectivity index (χ2v) is 3.90. The molecule has 1 rings (SSSR count). The molecule has 0 spiro atoms. The lowest BCUT2D eigenvalue weighted by molar-refractivity contribution is 0.774. The van der Waals surface area contributed by atoms with Gasteiger partial charge in [-0.05, 0) is 13.2 Å². The van der Waals surface area contributed by atoms with Crippen molar-refractivity contribution in [3.05, 3.63) is 0 Å². The average molecular weight is 162 g/mol. The van der Waals surface area contributed by atoms with Gasteiger partial charge in [-0.3, -0.25) is 0 Å². The molecule has 1 saturated carbocycles. The van der Waals surface area contributed by atoms with Crippen LogP contribution in [0, 0.1) is 16.7 Å². The molecule has 0 aromatic carbocycles. The van der Waals surface area contributed by atoms with Crippen LogP contribution >= 0.6 is 23.4 Å². The van der Waals surface area contributed by atoms with Crippen LogP contribution in [0.5, 0.6) is 0 Å². The molecular formula is C6H8ClNS. The topological polar surface area (TPSA) is 23.8 Å². The van der Waals surface area contributed by atoms with Crippen LogP contribution in [0.3, 0.4) is 0 Å². The van der Waals surface area contributed by atoms with E-state index < -0.39 is 0 Å². The van der Waals surface area contributed by atoms with Crippen LogP contribution in [0.15, 0.2) is 0 Å². The fraction of sp³-hybridized carbons (Fsp3) is 0.833. The highest BCUT2D eigenvalue weighted by atomic mass is 35.5. The minimum Gasteiger partial charge on any atom is -0.198 e. The van der Waals surface area contributed by atoms with Crippen LogP contribution in [0.1, 0.15) is 6.92 Å². The van der Waals surface area contributed by atoms with Crippen LogP contribution < -0.4 is 0 Å². The summed E-state index contributed by atoms with van der Waals surface area (Å²) in [5.74, 6) is 0. The fourth-order valence-electron chi connectivity index (χ4n) is 0.913. The van der Waals surface area contributed by atoms with Crippen molar-refractivity contribution >= 4 is 23.4 Å². The molecule has 0 amide bonds. The van der Waals surface area contributed by atoms with E-state index in [1.165, 1.54) is 0 Å². The monoisotopic (exact) mass is 161 g/mol. The summed E-state index contributed by atoms with van der Waals surface area (Å²) in [6.45, 7) is 1.91. The molecule has 0 saturated heterocycles. The predicted molar refractivity (Wildman–Crippen MR) is 40.7 cm³/mol. The summed E-state index contributed by atoms with van der Waals surface area (Å²) in [7, 11) is 0. The van der Waals surface area contributed by atoms with Gasteiger partial charge in [0, 0.05) is 5.25 Å². The van der Waals surface area contributed by atoms with Gasteiger partial charge >= 0.3 is 0 Å². The van der Waals surface area contributed by atoms with E-state index in [4.69, 9.17) is 16.9 Å². The van der Waals surface area contributed by atoms with E-state index in [2.05, 4.69) is 6.07 Å². The molecule has 50 valence electrons. The first-order valence-corrected chi connectivity index (χ1v) is 4.47. The van der Waals surface area contributed by atoms with Crippen molar-refractivity contribution in [2.75, 3.05) is 6.26 Å². The van der Waals surface area contributed by atoms with Crippen LogP contribution in [0.2, 0.25) is 0 Å². The molecule has 1 aliphatic rings. The Bertz CT molecular complexity index is 165. The number of rotatable bonds is 1. The zero-order valence-electron chi connectivity index (χ0n) is 5.39. The van der Waals surface area contributed by atoms with Crippen LogP contribution in [0.25, 0.3) is 0 Å². The first kappa shape index (κ1) is 7.24. The second-order valence-electron chi connectivity index (χ2n) is 2.45. The average Bonchev–Trinajstić information content (AvgIpc) is 2.38. The number of nitrogens with zero attached hydrogens (tertiary/aromatic N) is 1. The van der Waals surface area contributed by atoms with E-state index in [0.717, 1.165) is 0 Å². The smallest absolute Gasteiger partial charge is 0.0853 e. The quantitative estimate of drug-likeness (QED) is 0.549. The Morgan fingerprint density at radius 1 is 1.78 bits per heavy atom. The number of halogens is 1. The molecule has 0 radical (unpaired) electrons. The molecular weight excluding hydrogens is 154 g/mol. The number of thioether (sulfide) groups is 1. The van der Waals surface area contributed by atoms with Crippen molar-refractivity contribution in [1.82, 2.24) is 0 Å². The van der Waals surface area contributed by atoms with Crippen LogP contribution in [0.4, 0.5) is 0 Å². The Labute approximate surface area is 64.4 Å². The molecule has 1 fully saturated rings. The molecule has 0 aromatic heterocycles. The molecule has 0 heterocycles. The van der Waals surface area contributed by atoms with E-state index in [-0.39, 0.29) is 10.8 Å². The van der Waals surface area contributed by atoms with Crippen molar-refractivity contribution in [3.8, 4) is 6.07 Å². The maximum Gasteiger partial charge on any atom is 0.0853 e. The van der Waals surface area contributed by atoms with Gasteiger partial charge in [0.25, 0.3) is 0 Å². The van der Waals surface area contributed by atoms with E-state index in [9.17, 15) is 0 Å². The van der Waals surface area contributed by atoms with Gasteiger partial charge < -0.3 is 0 Å². The lowest BCUT2D eigenvalue weighted by Gasteiger charge is -1.91. The highest BCUT2D eigenvalue weighted by Crippen LogP contribution is 2.55. The van der Waals surface area contributed by atoms with E-state index in [0.29, 0.717) is 5.25 Å². The standard InChI is InChI=1S/C6H8ClNS/c1-6(3-8)4(7)5(6)9-2/h4-5H,1-2H3. The number of alkyl halides is 1. The highest BCUT2D eigenvalue weighted by molar-refractivity contribution is 7.99. The molecule has 3 atom stereocenters. The summed E-state index contributed by atoms with van der Waals surface area (Å²) in [5, 5.41) is 9.01. The Kier molecular flexibility index (Phi) is 1.67. The number of hydrogen-bond acceptors (Lipinski definition) is 2. The number of nitriles is 1. The van der Waals surface area contributed by atoms with Crippen molar-refractivity contribution in [3.63, 3.8) is 0 Å². The van der Waals surface area contributed by atoms with Crippen LogP contribution in [-0.4, -0.2) is 16.9 Å². The lowest BCUT2D eigenvalue weighted by atomic mass is 10.2. The first-order valence-electron chi connectivity index (χ1n) is 2.75. The molecule has 9 heavy (non-hydrogen) atoms. The zero-order chi connectivity index (χ0) is 7.07. The first-order chi connectivity index (χ1) is 4.16. The molecule has 0 N–H and O–H groups in total. The van der Waals surface area contributed by atoms with Gasteiger partial charge in [0.1, 0.15) is 0 Å². The minimum atomic E-state index is -0.249. The van der Waals surface area contributed by atoms with Crippen molar-refractivity contribution in [1.29, 1.82) is 5.26 Å². The summed E-state index contributed by atoms with van der Waals surface area (Å²) in [6.07, 6.45) is 1.99. The molecule has 3 unspecified atom stereocenters. The minimum absolute atomic E-state index is 0.0671. The normalized spacial score (nSPS) is 48.2. The second kappa shape index (κ2) is 2.07. The Morgan fingerprint density at radius 3 is 2.44 bits per heavy atom. The summed E-state index contributed by atoms with van der Waals surface area (Å²) in [6, 6.07) is 2.21. The van der Waals surface area contributed by atoms with E-state index >= 15 is 0 Å². The van der Waals surface area contributed by atoms with Gasteiger partial charge in [-0.25, -0.2) is 0 Å². The Balaban J connectivity index is 2.61. The third-order valence-corrected chi connectivity index (χ3v) is 3.94. The van der Waals surface area contributed by atoms with Crippen LogP contribution in [-0.2, 0) is 0 Å². The van der Waals surface area contributed by atoms with Gasteiger partial charge in [0.05, 0.1) is 16.9 Å².